The number of H-pyrrole nitrogens is 2. The van der Waals surface area contributed by atoms with Crippen molar-refractivity contribution in [2.24, 2.45) is 5.92 Å². The largest absolute Gasteiger partial charge is 0.338 e. The molecule has 1 aromatic carbocycles. The van der Waals surface area contributed by atoms with Crippen molar-refractivity contribution in [3.05, 3.63) is 84.2 Å². The lowest BCUT2D eigenvalue weighted by atomic mass is 10.0. The van der Waals surface area contributed by atoms with Gasteiger partial charge in [0.05, 0.1) is 11.4 Å². The molecule has 5 aromatic heterocycles. The van der Waals surface area contributed by atoms with Gasteiger partial charge in [-0.1, -0.05) is 18.9 Å². The molecule has 7 rings (SSSR count). The fourth-order valence-corrected chi connectivity index (χ4v) is 5.95. The van der Waals surface area contributed by atoms with Crippen molar-refractivity contribution in [2.75, 3.05) is 6.54 Å². The van der Waals surface area contributed by atoms with Crippen LogP contribution in [0.2, 0.25) is 0 Å². The maximum Gasteiger partial charge on any atom is 0.181 e. The third-order valence-electron chi connectivity index (χ3n) is 7.93. The molecule has 0 amide bonds. The van der Waals surface area contributed by atoms with Gasteiger partial charge in [0.2, 0.25) is 0 Å². The summed E-state index contributed by atoms with van der Waals surface area (Å²) in [6, 6.07) is 13.3. The molecule has 0 radical (unpaired) electrons. The molecule has 5 heterocycles. The molecule has 1 saturated carbocycles. The Hall–Kier alpha value is -4.43. The van der Waals surface area contributed by atoms with Crippen molar-refractivity contribution in [2.45, 2.75) is 39.2 Å². The Kier molecular flexibility index (Phi) is 6.32. The van der Waals surface area contributed by atoms with Crippen LogP contribution in [0.1, 0.15) is 36.8 Å². The molecule has 8 heteroatoms. The number of aryl methyl sites for hydroxylation is 1. The van der Waals surface area contributed by atoms with Crippen molar-refractivity contribution in [3.63, 3.8) is 0 Å². The van der Waals surface area contributed by atoms with Crippen LogP contribution in [-0.4, -0.2) is 36.7 Å². The van der Waals surface area contributed by atoms with E-state index >= 15 is 0 Å². The molecule has 3 N–H and O–H groups in total. The highest BCUT2D eigenvalue weighted by Gasteiger charge is 2.17. The fraction of sp³-hybridized carbons (Fsp3) is 0.250. The van der Waals surface area contributed by atoms with E-state index in [0.717, 1.165) is 80.2 Å². The fourth-order valence-electron chi connectivity index (χ4n) is 5.95. The first kappa shape index (κ1) is 24.6. The van der Waals surface area contributed by atoms with E-state index in [9.17, 15) is 4.39 Å². The molecule has 0 atom stereocenters. The molecule has 1 aliphatic rings. The van der Waals surface area contributed by atoms with Crippen LogP contribution in [0.5, 0.6) is 0 Å². The Labute approximate surface area is 231 Å². The van der Waals surface area contributed by atoms with Gasteiger partial charge in [-0.3, -0.25) is 10.1 Å². The molecule has 1 aliphatic carbocycles. The Morgan fingerprint density at radius 2 is 1.80 bits per heavy atom. The Morgan fingerprint density at radius 3 is 2.67 bits per heavy atom. The van der Waals surface area contributed by atoms with E-state index in [-0.39, 0.29) is 5.82 Å². The van der Waals surface area contributed by atoms with Gasteiger partial charge < -0.3 is 10.3 Å². The normalized spacial score (nSPS) is 14.1. The van der Waals surface area contributed by atoms with Crippen molar-refractivity contribution >= 4 is 22.1 Å². The Balaban J connectivity index is 1.21. The summed E-state index contributed by atoms with van der Waals surface area (Å²) in [6.45, 7) is 3.77. The second-order valence-electron chi connectivity index (χ2n) is 10.9. The molecule has 6 aromatic rings. The van der Waals surface area contributed by atoms with Gasteiger partial charge in [0, 0.05) is 53.2 Å². The lowest BCUT2D eigenvalue weighted by molar-refractivity contribution is 0.489. The third kappa shape index (κ3) is 4.75. The van der Waals surface area contributed by atoms with E-state index in [4.69, 9.17) is 0 Å². The number of hydrogen-bond donors (Lipinski definition) is 3. The average molecular weight is 532 g/mol. The zero-order valence-electron chi connectivity index (χ0n) is 22.3. The number of rotatable bonds is 7. The van der Waals surface area contributed by atoms with Gasteiger partial charge in [-0.15, -0.1) is 0 Å². The van der Waals surface area contributed by atoms with Gasteiger partial charge in [-0.25, -0.2) is 14.4 Å². The SMILES string of the molecule is Cc1cc(F)cc(-c2ccnc3[nH]c(-c4[nH]nc5ncc(-c6cncc(CNCC7CCCC7)c6)cc45)cc23)c1. The summed E-state index contributed by atoms with van der Waals surface area (Å²) >= 11 is 0. The minimum Gasteiger partial charge on any atom is -0.338 e. The van der Waals surface area contributed by atoms with Crippen molar-refractivity contribution in [3.8, 4) is 33.6 Å². The number of hydrogen-bond acceptors (Lipinski definition) is 5. The maximum atomic E-state index is 14.2. The number of aromatic amines is 2. The van der Waals surface area contributed by atoms with E-state index in [1.54, 1.807) is 12.3 Å². The predicted molar refractivity (Wildman–Crippen MR) is 156 cm³/mol. The zero-order chi connectivity index (χ0) is 27.1. The number of aromatic nitrogens is 6. The summed E-state index contributed by atoms with van der Waals surface area (Å²) in [5.41, 5.74) is 8.79. The second kappa shape index (κ2) is 10.3. The summed E-state index contributed by atoms with van der Waals surface area (Å²) in [6.07, 6.45) is 12.8. The maximum absolute atomic E-state index is 14.2. The predicted octanol–water partition coefficient (Wildman–Crippen LogP) is 6.96. The zero-order valence-corrected chi connectivity index (χ0v) is 22.3. The highest BCUT2D eigenvalue weighted by Crippen LogP contribution is 2.34. The lowest BCUT2D eigenvalue weighted by Gasteiger charge is -2.11. The third-order valence-corrected chi connectivity index (χ3v) is 7.93. The highest BCUT2D eigenvalue weighted by atomic mass is 19.1. The number of nitrogens with one attached hydrogen (secondary N) is 3. The van der Waals surface area contributed by atoms with Crippen LogP contribution in [0.15, 0.2) is 67.3 Å². The highest BCUT2D eigenvalue weighted by molar-refractivity contribution is 5.99. The van der Waals surface area contributed by atoms with E-state index in [1.807, 2.05) is 43.7 Å². The summed E-state index contributed by atoms with van der Waals surface area (Å²) in [4.78, 5) is 17.1. The summed E-state index contributed by atoms with van der Waals surface area (Å²) in [5, 5.41) is 13.0. The minimum absolute atomic E-state index is 0.253. The minimum atomic E-state index is -0.253. The molecule has 0 bridgehead atoms. The van der Waals surface area contributed by atoms with Crippen LogP contribution in [0.25, 0.3) is 55.7 Å². The van der Waals surface area contributed by atoms with Crippen LogP contribution < -0.4 is 5.32 Å². The molecule has 0 saturated heterocycles. The Bertz CT molecular complexity index is 1810. The van der Waals surface area contributed by atoms with E-state index in [0.29, 0.717) is 5.65 Å². The first-order valence-corrected chi connectivity index (χ1v) is 13.9. The van der Waals surface area contributed by atoms with Crippen LogP contribution >= 0.6 is 0 Å². The van der Waals surface area contributed by atoms with Crippen LogP contribution in [-0.2, 0) is 6.54 Å². The van der Waals surface area contributed by atoms with Gasteiger partial charge in [-0.2, -0.15) is 5.10 Å². The van der Waals surface area contributed by atoms with Crippen LogP contribution in [0.3, 0.4) is 0 Å². The standard InChI is InChI=1S/C32H30FN7/c1-19-8-22(11-25(33)9-19)26-6-7-36-31-27(26)13-29(38-31)30-28-12-24(18-37-32(28)40-39-30)23-10-21(16-35-17-23)15-34-14-20-4-2-3-5-20/h6-13,16-18,20,34H,2-5,14-15H2,1H3,(H,36,38)(H,37,39,40). The molecule has 0 spiro atoms. The van der Waals surface area contributed by atoms with Crippen LogP contribution in [0.4, 0.5) is 4.39 Å². The van der Waals surface area contributed by atoms with E-state index < -0.39 is 0 Å². The molecule has 200 valence electrons. The molecule has 40 heavy (non-hydrogen) atoms. The van der Waals surface area contributed by atoms with Crippen molar-refractivity contribution < 1.29 is 4.39 Å². The topological polar surface area (TPSA) is 95.2 Å². The first-order valence-electron chi connectivity index (χ1n) is 13.9. The first-order chi connectivity index (χ1) is 19.6. The quantitative estimate of drug-likeness (QED) is 0.207. The summed E-state index contributed by atoms with van der Waals surface area (Å²) in [7, 11) is 0. The molecule has 0 aliphatic heterocycles. The number of benzene rings is 1. The molecule has 0 unspecified atom stereocenters. The van der Waals surface area contributed by atoms with Gasteiger partial charge in [0.25, 0.3) is 0 Å². The van der Waals surface area contributed by atoms with Crippen molar-refractivity contribution in [1.82, 2.24) is 35.5 Å². The number of pyridine rings is 3. The number of nitrogens with zero attached hydrogens (tertiary/aromatic N) is 4. The van der Waals surface area contributed by atoms with Gasteiger partial charge in [0.15, 0.2) is 5.65 Å². The van der Waals surface area contributed by atoms with Crippen LogP contribution in [0, 0.1) is 18.7 Å². The lowest BCUT2D eigenvalue weighted by Crippen LogP contribution is -2.20. The van der Waals surface area contributed by atoms with Crippen molar-refractivity contribution in [1.29, 1.82) is 0 Å². The second-order valence-corrected chi connectivity index (χ2v) is 10.9. The number of halogens is 1. The molecular formula is C32H30FN7. The monoisotopic (exact) mass is 531 g/mol. The smallest absolute Gasteiger partial charge is 0.181 e. The van der Waals surface area contributed by atoms with Gasteiger partial charge in [0.1, 0.15) is 11.5 Å². The molecule has 7 nitrogen and oxygen atoms in total. The summed E-state index contributed by atoms with van der Waals surface area (Å²) in [5.74, 6) is 0.549. The van der Waals surface area contributed by atoms with E-state index in [1.165, 1.54) is 31.7 Å². The number of fused-ring (bicyclic) bond motifs is 2. The van der Waals surface area contributed by atoms with Gasteiger partial charge >= 0.3 is 0 Å². The van der Waals surface area contributed by atoms with Gasteiger partial charge in [-0.05, 0) is 90.9 Å². The average Bonchev–Trinajstić information content (AvgIpc) is 3.71. The Morgan fingerprint density at radius 1 is 0.925 bits per heavy atom. The molecular weight excluding hydrogens is 501 g/mol. The summed E-state index contributed by atoms with van der Waals surface area (Å²) < 4.78 is 14.2. The van der Waals surface area contributed by atoms with E-state index in [2.05, 4.69) is 47.6 Å². The molecule has 1 fully saturated rings.